The van der Waals surface area contributed by atoms with E-state index in [0.29, 0.717) is 6.79 Å². The van der Waals surface area contributed by atoms with E-state index in [1.807, 2.05) is 36.5 Å². The Morgan fingerprint density at radius 1 is 1.00 bits per heavy atom. The quantitative estimate of drug-likeness (QED) is 0.320. The van der Waals surface area contributed by atoms with Gasteiger partial charge in [0.05, 0.1) is 6.21 Å². The highest BCUT2D eigenvalue weighted by molar-refractivity contribution is 7.80. The largest absolute Gasteiger partial charge is 0.454 e. The van der Waals surface area contributed by atoms with Crippen LogP contribution in [0.3, 0.4) is 0 Å². The van der Waals surface area contributed by atoms with E-state index < -0.39 is 0 Å². The summed E-state index contributed by atoms with van der Waals surface area (Å²) in [5, 5.41) is 4.12. The number of hydrazone groups is 1. The minimum Gasteiger partial charge on any atom is -0.454 e. The van der Waals surface area contributed by atoms with Crippen LogP contribution in [0.4, 0.5) is 5.82 Å². The van der Waals surface area contributed by atoms with Gasteiger partial charge in [-0.2, -0.15) is 5.10 Å². The Hall–Kier alpha value is -3.69. The SMILES string of the molecule is NC(=S)NN=Cc1ccc(-c2ccc(N3CCN(Cc4ccc5c(c4)OCO5)CC3)nc2)cc1. The van der Waals surface area contributed by atoms with Gasteiger partial charge in [0.1, 0.15) is 5.82 Å². The zero-order chi connectivity index (χ0) is 23.3. The van der Waals surface area contributed by atoms with Crippen molar-refractivity contribution in [3.8, 4) is 22.6 Å². The number of fused-ring (bicyclic) bond motifs is 1. The Bertz CT molecular complexity index is 1180. The highest BCUT2D eigenvalue weighted by atomic mass is 32.1. The van der Waals surface area contributed by atoms with Gasteiger partial charge in [0.2, 0.25) is 6.79 Å². The van der Waals surface area contributed by atoms with Gasteiger partial charge in [0, 0.05) is 44.5 Å². The summed E-state index contributed by atoms with van der Waals surface area (Å²) in [5.41, 5.74) is 12.3. The first-order valence-corrected chi connectivity index (χ1v) is 11.6. The molecule has 34 heavy (non-hydrogen) atoms. The first-order chi connectivity index (χ1) is 16.6. The summed E-state index contributed by atoms with van der Waals surface area (Å²) >= 11 is 4.73. The molecule has 5 rings (SSSR count). The van der Waals surface area contributed by atoms with Crippen molar-refractivity contribution < 1.29 is 9.47 Å². The molecule has 174 valence electrons. The minimum absolute atomic E-state index is 0.144. The van der Waals surface area contributed by atoms with Gasteiger partial charge >= 0.3 is 0 Å². The van der Waals surface area contributed by atoms with Gasteiger partial charge < -0.3 is 20.1 Å². The van der Waals surface area contributed by atoms with Crippen molar-refractivity contribution in [1.29, 1.82) is 0 Å². The second kappa shape index (κ2) is 10.1. The van der Waals surface area contributed by atoms with E-state index in [4.69, 9.17) is 32.4 Å². The molecule has 0 spiro atoms. The molecule has 2 aliphatic rings. The molecule has 3 N–H and O–H groups in total. The lowest BCUT2D eigenvalue weighted by Crippen LogP contribution is -2.46. The van der Waals surface area contributed by atoms with Crippen molar-refractivity contribution in [1.82, 2.24) is 15.3 Å². The van der Waals surface area contributed by atoms with Crippen molar-refractivity contribution in [2.75, 3.05) is 37.9 Å². The lowest BCUT2D eigenvalue weighted by molar-refractivity contribution is 0.174. The number of rotatable bonds is 6. The second-order valence-corrected chi connectivity index (χ2v) is 8.65. The van der Waals surface area contributed by atoms with Gasteiger partial charge in [0.15, 0.2) is 16.6 Å². The van der Waals surface area contributed by atoms with Crippen LogP contribution in [0.5, 0.6) is 11.5 Å². The van der Waals surface area contributed by atoms with E-state index >= 15 is 0 Å². The zero-order valence-electron chi connectivity index (χ0n) is 18.7. The van der Waals surface area contributed by atoms with E-state index in [2.05, 4.69) is 44.6 Å². The summed E-state index contributed by atoms with van der Waals surface area (Å²) in [7, 11) is 0. The molecule has 1 fully saturated rings. The van der Waals surface area contributed by atoms with Gasteiger partial charge in [-0.1, -0.05) is 30.3 Å². The van der Waals surface area contributed by atoms with Crippen LogP contribution in [0.25, 0.3) is 11.1 Å². The number of benzene rings is 2. The maximum absolute atomic E-state index is 5.50. The summed E-state index contributed by atoms with van der Waals surface area (Å²) in [5.74, 6) is 2.69. The van der Waals surface area contributed by atoms with Crippen LogP contribution < -0.4 is 25.5 Å². The Balaban J connectivity index is 1.15. The number of nitrogens with one attached hydrogen (secondary N) is 1. The number of aromatic nitrogens is 1. The van der Waals surface area contributed by atoms with E-state index in [0.717, 1.165) is 66.7 Å². The molecule has 2 aromatic carbocycles. The molecule has 0 radical (unpaired) electrons. The standard InChI is InChI=1S/C25H26N6O2S/c26-25(34)29-28-14-18-1-4-20(5-2-18)21-6-8-24(27-15-21)31-11-9-30(10-12-31)16-19-3-7-22-23(13-19)33-17-32-22/h1-8,13-15H,9-12,16-17H2,(H3,26,29,34). The van der Waals surface area contributed by atoms with Gasteiger partial charge in [0.25, 0.3) is 0 Å². The first kappa shape index (κ1) is 22.1. The average molecular weight is 475 g/mol. The number of nitrogens with zero attached hydrogens (tertiary/aromatic N) is 4. The molecule has 3 aromatic rings. The molecule has 1 saturated heterocycles. The first-order valence-electron chi connectivity index (χ1n) is 11.1. The van der Waals surface area contributed by atoms with Crippen LogP contribution in [0, 0.1) is 0 Å². The van der Waals surface area contributed by atoms with Crippen molar-refractivity contribution in [3.63, 3.8) is 0 Å². The molecule has 0 unspecified atom stereocenters. The van der Waals surface area contributed by atoms with Gasteiger partial charge in [-0.15, -0.1) is 0 Å². The van der Waals surface area contributed by atoms with Crippen molar-refractivity contribution in [2.45, 2.75) is 6.54 Å². The molecule has 0 atom stereocenters. The molecule has 8 nitrogen and oxygen atoms in total. The number of hydrogen-bond acceptors (Lipinski definition) is 7. The molecule has 9 heteroatoms. The fourth-order valence-electron chi connectivity index (χ4n) is 4.11. The molecular formula is C25H26N6O2S. The molecule has 1 aromatic heterocycles. The Labute approximate surface area is 204 Å². The fraction of sp³-hybridized carbons (Fsp3) is 0.240. The lowest BCUT2D eigenvalue weighted by Gasteiger charge is -2.35. The topological polar surface area (TPSA) is 88.2 Å². The third-order valence-corrected chi connectivity index (χ3v) is 6.01. The highest BCUT2D eigenvalue weighted by Gasteiger charge is 2.20. The Morgan fingerprint density at radius 3 is 2.50 bits per heavy atom. The zero-order valence-corrected chi connectivity index (χ0v) is 19.5. The van der Waals surface area contributed by atoms with E-state index in [9.17, 15) is 0 Å². The number of ether oxygens (including phenoxy) is 2. The number of hydrogen-bond donors (Lipinski definition) is 2. The van der Waals surface area contributed by atoms with Crippen molar-refractivity contribution in [2.24, 2.45) is 10.8 Å². The monoisotopic (exact) mass is 474 g/mol. The second-order valence-electron chi connectivity index (χ2n) is 8.21. The Kier molecular flexibility index (Phi) is 6.55. The normalized spacial score (nSPS) is 15.6. The van der Waals surface area contributed by atoms with Crippen molar-refractivity contribution in [3.05, 3.63) is 71.9 Å². The lowest BCUT2D eigenvalue weighted by atomic mass is 10.1. The van der Waals surface area contributed by atoms with E-state index in [1.165, 1.54) is 5.56 Å². The number of piperazine rings is 1. The van der Waals surface area contributed by atoms with Crippen LogP contribution >= 0.6 is 12.2 Å². The summed E-state index contributed by atoms with van der Waals surface area (Å²) < 4.78 is 10.9. The summed E-state index contributed by atoms with van der Waals surface area (Å²) in [6.07, 6.45) is 3.61. The summed E-state index contributed by atoms with van der Waals surface area (Å²) in [6, 6.07) is 18.5. The molecule has 0 saturated carbocycles. The van der Waals surface area contributed by atoms with Gasteiger partial charge in [-0.3, -0.25) is 10.3 Å². The smallest absolute Gasteiger partial charge is 0.231 e. The molecule has 3 heterocycles. The number of thiocarbonyl (C=S) groups is 1. The number of pyridine rings is 1. The Morgan fingerprint density at radius 2 is 1.76 bits per heavy atom. The fourth-order valence-corrected chi connectivity index (χ4v) is 4.16. The molecule has 0 aliphatic carbocycles. The van der Waals surface area contributed by atoms with E-state index in [-0.39, 0.29) is 5.11 Å². The maximum atomic E-state index is 5.50. The van der Waals surface area contributed by atoms with Gasteiger partial charge in [-0.05, 0) is 53.2 Å². The molecule has 2 aliphatic heterocycles. The predicted octanol–water partition coefficient (Wildman–Crippen LogP) is 2.97. The summed E-state index contributed by atoms with van der Waals surface area (Å²) in [4.78, 5) is 9.53. The molecular weight excluding hydrogens is 448 g/mol. The summed E-state index contributed by atoms with van der Waals surface area (Å²) in [6.45, 7) is 5.10. The highest BCUT2D eigenvalue weighted by Crippen LogP contribution is 2.33. The van der Waals surface area contributed by atoms with Crippen LogP contribution in [0.2, 0.25) is 0 Å². The van der Waals surface area contributed by atoms with E-state index in [1.54, 1.807) is 6.21 Å². The number of anilines is 1. The average Bonchev–Trinajstić information content (AvgIpc) is 3.33. The predicted molar refractivity (Wildman–Crippen MR) is 137 cm³/mol. The molecule has 0 amide bonds. The van der Waals surface area contributed by atoms with Crippen LogP contribution in [0.15, 0.2) is 65.9 Å². The van der Waals surface area contributed by atoms with Crippen molar-refractivity contribution >= 4 is 29.4 Å². The molecule has 0 bridgehead atoms. The third-order valence-electron chi connectivity index (χ3n) is 5.92. The van der Waals surface area contributed by atoms with Crippen LogP contribution in [0.1, 0.15) is 11.1 Å². The van der Waals surface area contributed by atoms with Crippen LogP contribution in [-0.4, -0.2) is 54.2 Å². The third kappa shape index (κ3) is 5.27. The van der Waals surface area contributed by atoms with Gasteiger partial charge in [-0.25, -0.2) is 4.98 Å². The number of nitrogens with two attached hydrogens (primary N) is 1. The minimum atomic E-state index is 0.144. The van der Waals surface area contributed by atoms with Crippen LogP contribution in [-0.2, 0) is 6.54 Å². The maximum Gasteiger partial charge on any atom is 0.231 e.